The van der Waals surface area contributed by atoms with Crippen LogP contribution in [0, 0.1) is 0 Å². The molecule has 0 radical (unpaired) electrons. The smallest absolute Gasteiger partial charge is 0.255 e. The Kier molecular flexibility index (Phi) is 5.24. The van der Waals surface area contributed by atoms with Crippen LogP contribution in [0.15, 0.2) is 84.9 Å². The van der Waals surface area contributed by atoms with Gasteiger partial charge in [-0.3, -0.25) is 4.79 Å². The van der Waals surface area contributed by atoms with Gasteiger partial charge in [-0.25, -0.2) is 4.98 Å². The van der Waals surface area contributed by atoms with Gasteiger partial charge >= 0.3 is 0 Å². The molecule has 0 saturated carbocycles. The number of carbonyl (C=O) groups is 1. The van der Waals surface area contributed by atoms with E-state index in [4.69, 9.17) is 4.74 Å². The molecule has 156 valence electrons. The maximum atomic E-state index is 12.7. The predicted molar refractivity (Wildman–Crippen MR) is 120 cm³/mol. The Morgan fingerprint density at radius 3 is 2.75 bits per heavy atom. The molecule has 0 spiro atoms. The third-order valence-electron chi connectivity index (χ3n) is 4.86. The van der Waals surface area contributed by atoms with Crippen molar-refractivity contribution >= 4 is 22.5 Å². The number of anilines is 1. The molecule has 0 saturated heterocycles. The van der Waals surface area contributed by atoms with Gasteiger partial charge in [0.2, 0.25) is 5.82 Å². The zero-order valence-corrected chi connectivity index (χ0v) is 16.9. The van der Waals surface area contributed by atoms with E-state index in [1.807, 2.05) is 60.7 Å². The fourth-order valence-corrected chi connectivity index (χ4v) is 3.30. The number of hydrogen-bond acceptors (Lipinski definition) is 6. The van der Waals surface area contributed by atoms with Crippen molar-refractivity contribution in [2.24, 2.45) is 0 Å². The molecule has 32 heavy (non-hydrogen) atoms. The Hall–Kier alpha value is -4.59. The van der Waals surface area contributed by atoms with Crippen LogP contribution in [0.3, 0.4) is 0 Å². The van der Waals surface area contributed by atoms with Gasteiger partial charge in [0.15, 0.2) is 0 Å². The molecule has 2 aromatic heterocycles. The number of nitrogens with one attached hydrogen (secondary N) is 2. The van der Waals surface area contributed by atoms with Crippen molar-refractivity contribution in [1.82, 2.24) is 25.6 Å². The van der Waals surface area contributed by atoms with Crippen molar-refractivity contribution in [2.45, 2.75) is 6.61 Å². The standard InChI is InChI=1S/C24H18N6O2/c31-24(18-7-3-6-17(13-18)23-27-29-30-28-23)26-19-8-4-9-21(14-19)32-15-20-12-11-16-5-1-2-10-22(16)25-20/h1-14H,15H2,(H,26,31)(H,27,28,29,30). The topological polar surface area (TPSA) is 106 Å². The number of rotatable bonds is 6. The number of hydrogen-bond donors (Lipinski definition) is 2. The number of benzene rings is 3. The molecule has 0 unspecified atom stereocenters. The van der Waals surface area contributed by atoms with Crippen LogP contribution in [-0.2, 0) is 6.61 Å². The number of H-pyrrole nitrogens is 1. The SMILES string of the molecule is O=C(Nc1cccc(OCc2ccc3ccccc3n2)c1)c1cccc(-c2nn[nH]n2)c1. The molecule has 8 heteroatoms. The first-order valence-corrected chi connectivity index (χ1v) is 9.97. The van der Waals surface area contributed by atoms with Crippen LogP contribution in [-0.4, -0.2) is 31.5 Å². The molecular formula is C24H18N6O2. The molecule has 8 nitrogen and oxygen atoms in total. The second-order valence-corrected chi connectivity index (χ2v) is 7.08. The zero-order chi connectivity index (χ0) is 21.8. The summed E-state index contributed by atoms with van der Waals surface area (Å²) >= 11 is 0. The molecule has 0 aliphatic carbocycles. The van der Waals surface area contributed by atoms with Crippen molar-refractivity contribution < 1.29 is 9.53 Å². The van der Waals surface area contributed by atoms with Crippen LogP contribution in [0.1, 0.15) is 16.1 Å². The lowest BCUT2D eigenvalue weighted by atomic mass is 10.1. The highest BCUT2D eigenvalue weighted by Crippen LogP contribution is 2.21. The fraction of sp³-hybridized carbons (Fsp3) is 0.0417. The molecule has 1 amide bonds. The minimum Gasteiger partial charge on any atom is -0.487 e. The van der Waals surface area contributed by atoms with E-state index in [2.05, 4.69) is 30.9 Å². The van der Waals surface area contributed by atoms with Gasteiger partial charge < -0.3 is 10.1 Å². The van der Waals surface area contributed by atoms with Gasteiger partial charge in [0, 0.05) is 28.3 Å². The Labute approximate surface area is 183 Å². The van der Waals surface area contributed by atoms with Gasteiger partial charge in [0.25, 0.3) is 5.91 Å². The van der Waals surface area contributed by atoms with Crippen molar-refractivity contribution in [3.63, 3.8) is 0 Å². The number of pyridine rings is 1. The highest BCUT2D eigenvalue weighted by atomic mass is 16.5. The average molecular weight is 422 g/mol. The molecule has 2 N–H and O–H groups in total. The maximum Gasteiger partial charge on any atom is 0.255 e. The average Bonchev–Trinajstić information content (AvgIpc) is 3.38. The summed E-state index contributed by atoms with van der Waals surface area (Å²) < 4.78 is 5.90. The first kappa shape index (κ1) is 19.4. The van der Waals surface area contributed by atoms with E-state index in [-0.39, 0.29) is 5.91 Å². The van der Waals surface area contributed by atoms with Gasteiger partial charge in [-0.1, -0.05) is 42.5 Å². The fourth-order valence-electron chi connectivity index (χ4n) is 3.30. The molecule has 0 aliphatic rings. The molecule has 0 bridgehead atoms. The number of nitrogens with zero attached hydrogens (tertiary/aromatic N) is 4. The summed E-state index contributed by atoms with van der Waals surface area (Å²) in [5.41, 5.74) is 3.57. The third kappa shape index (κ3) is 4.29. The monoisotopic (exact) mass is 422 g/mol. The minimum absolute atomic E-state index is 0.247. The van der Waals surface area contributed by atoms with Crippen LogP contribution < -0.4 is 10.1 Å². The molecule has 0 fully saturated rings. The lowest BCUT2D eigenvalue weighted by Crippen LogP contribution is -2.12. The second-order valence-electron chi connectivity index (χ2n) is 7.08. The summed E-state index contributed by atoms with van der Waals surface area (Å²) in [6, 6.07) is 26.2. The molecule has 2 heterocycles. The van der Waals surface area contributed by atoms with E-state index in [1.54, 1.807) is 24.3 Å². The van der Waals surface area contributed by atoms with E-state index >= 15 is 0 Å². The highest BCUT2D eigenvalue weighted by molar-refractivity contribution is 6.04. The summed E-state index contributed by atoms with van der Waals surface area (Å²) in [5.74, 6) is 0.819. The molecule has 3 aromatic carbocycles. The van der Waals surface area contributed by atoms with Gasteiger partial charge in [-0.15, -0.1) is 10.2 Å². The second kappa shape index (κ2) is 8.65. The van der Waals surface area contributed by atoms with E-state index in [0.29, 0.717) is 35.0 Å². The Balaban J connectivity index is 1.26. The van der Waals surface area contributed by atoms with Gasteiger partial charge in [-0.05, 0) is 41.6 Å². The number of tetrazole rings is 1. The van der Waals surface area contributed by atoms with E-state index in [0.717, 1.165) is 16.6 Å². The summed E-state index contributed by atoms with van der Waals surface area (Å²) in [5, 5.41) is 17.8. The predicted octanol–water partition coefficient (Wildman–Crippen LogP) is 4.25. The Morgan fingerprint density at radius 2 is 1.84 bits per heavy atom. The van der Waals surface area contributed by atoms with Crippen LogP contribution in [0.5, 0.6) is 5.75 Å². The van der Waals surface area contributed by atoms with Crippen LogP contribution >= 0.6 is 0 Å². The van der Waals surface area contributed by atoms with Crippen molar-refractivity contribution in [2.75, 3.05) is 5.32 Å². The number of carbonyl (C=O) groups excluding carboxylic acids is 1. The summed E-state index contributed by atoms with van der Waals surface area (Å²) in [6.45, 7) is 0.328. The van der Waals surface area contributed by atoms with Crippen molar-refractivity contribution in [3.8, 4) is 17.1 Å². The van der Waals surface area contributed by atoms with Crippen molar-refractivity contribution in [1.29, 1.82) is 0 Å². The van der Waals surface area contributed by atoms with Crippen LogP contribution in [0.25, 0.3) is 22.3 Å². The lowest BCUT2D eigenvalue weighted by Gasteiger charge is -2.10. The Morgan fingerprint density at radius 1 is 0.938 bits per heavy atom. The first-order valence-electron chi connectivity index (χ1n) is 9.97. The first-order chi connectivity index (χ1) is 15.7. The van der Waals surface area contributed by atoms with Crippen molar-refractivity contribution in [3.05, 3.63) is 96.2 Å². The zero-order valence-electron chi connectivity index (χ0n) is 16.9. The van der Waals surface area contributed by atoms with Gasteiger partial charge in [0.05, 0.1) is 11.2 Å². The number of aromatic amines is 1. The number of aromatic nitrogens is 5. The maximum absolute atomic E-state index is 12.7. The summed E-state index contributed by atoms with van der Waals surface area (Å²) in [4.78, 5) is 17.3. The third-order valence-corrected chi connectivity index (χ3v) is 4.86. The number of ether oxygens (including phenoxy) is 1. The molecule has 5 aromatic rings. The van der Waals surface area contributed by atoms with Gasteiger partial charge in [0.1, 0.15) is 12.4 Å². The number of amides is 1. The molecule has 0 atom stereocenters. The molecular weight excluding hydrogens is 404 g/mol. The Bertz CT molecular complexity index is 1380. The largest absolute Gasteiger partial charge is 0.487 e. The lowest BCUT2D eigenvalue weighted by molar-refractivity contribution is 0.102. The normalized spacial score (nSPS) is 10.8. The quantitative estimate of drug-likeness (QED) is 0.424. The van der Waals surface area contributed by atoms with Gasteiger partial charge in [-0.2, -0.15) is 5.21 Å². The number of fused-ring (bicyclic) bond motifs is 1. The highest BCUT2D eigenvalue weighted by Gasteiger charge is 2.10. The molecule has 5 rings (SSSR count). The van der Waals surface area contributed by atoms with Crippen LogP contribution in [0.2, 0.25) is 0 Å². The van der Waals surface area contributed by atoms with E-state index < -0.39 is 0 Å². The van der Waals surface area contributed by atoms with E-state index in [9.17, 15) is 4.79 Å². The molecule has 0 aliphatic heterocycles. The summed E-state index contributed by atoms with van der Waals surface area (Å²) in [6.07, 6.45) is 0. The number of para-hydroxylation sites is 1. The van der Waals surface area contributed by atoms with Crippen LogP contribution in [0.4, 0.5) is 5.69 Å². The summed E-state index contributed by atoms with van der Waals surface area (Å²) in [7, 11) is 0. The van der Waals surface area contributed by atoms with E-state index in [1.165, 1.54) is 0 Å². The minimum atomic E-state index is -0.247.